The van der Waals surface area contributed by atoms with Gasteiger partial charge in [-0.25, -0.2) is 14.8 Å². The van der Waals surface area contributed by atoms with Gasteiger partial charge in [0.15, 0.2) is 5.82 Å². The first-order valence-corrected chi connectivity index (χ1v) is 11.4. The molecule has 0 atom stereocenters. The third-order valence-electron chi connectivity index (χ3n) is 5.45. The van der Waals surface area contributed by atoms with Crippen molar-refractivity contribution < 1.29 is 23.1 Å². The summed E-state index contributed by atoms with van der Waals surface area (Å²) in [5.74, 6) is -0.571. The molecule has 1 aliphatic heterocycles. The summed E-state index contributed by atoms with van der Waals surface area (Å²) in [6.07, 6.45) is 2.43. The zero-order valence-electron chi connectivity index (χ0n) is 18.6. The molecule has 1 aromatic carbocycles. The van der Waals surface area contributed by atoms with Gasteiger partial charge in [-0.1, -0.05) is 32.0 Å². The van der Waals surface area contributed by atoms with Crippen LogP contribution in [0, 0.1) is 0 Å². The fourth-order valence-corrected chi connectivity index (χ4v) is 4.14. The lowest BCUT2D eigenvalue weighted by Crippen LogP contribution is -2.50. The maximum absolute atomic E-state index is 13.5. The number of aromatic nitrogens is 2. The van der Waals surface area contributed by atoms with Gasteiger partial charge in [0.1, 0.15) is 4.60 Å². The molecule has 3 rings (SSSR count). The molecule has 0 bridgehead atoms. The molecule has 1 fully saturated rings. The molecular weight excluding hydrogens is 500 g/mol. The normalized spacial score (nSPS) is 14.5. The minimum Gasteiger partial charge on any atom is -0.413 e. The molecule has 0 spiro atoms. The van der Waals surface area contributed by atoms with E-state index in [9.17, 15) is 18.4 Å². The fourth-order valence-electron chi connectivity index (χ4n) is 3.87. The number of rotatable bonds is 6. The molecule has 1 saturated heterocycles. The lowest BCUT2D eigenvalue weighted by atomic mass is 9.97. The van der Waals surface area contributed by atoms with Crippen LogP contribution in [0.4, 0.5) is 25.1 Å². The number of benzene rings is 1. The number of carbonyl (C=O) groups excluding carboxylic acids is 2. The van der Waals surface area contributed by atoms with E-state index in [1.54, 1.807) is 9.80 Å². The number of hydrogen-bond acceptors (Lipinski definition) is 5. The minimum absolute atomic E-state index is 0.00837. The Morgan fingerprint density at radius 3 is 2.52 bits per heavy atom. The molecule has 11 heteroatoms. The van der Waals surface area contributed by atoms with Crippen molar-refractivity contribution in [3.8, 4) is 5.88 Å². The first-order valence-electron chi connectivity index (χ1n) is 10.6. The Balaban J connectivity index is 1.95. The first kappa shape index (κ1) is 24.8. The molecule has 33 heavy (non-hydrogen) atoms. The number of likely N-dealkylation sites (tertiary alicyclic amines) is 1. The van der Waals surface area contributed by atoms with Gasteiger partial charge in [0.2, 0.25) is 5.91 Å². The SMILES string of the molecule is CC(=O)N1CCC(N(C(=O)Nc2ncc(Br)nc2OC(F)F)c2ccccc2C(C)C)CC1. The van der Waals surface area contributed by atoms with E-state index >= 15 is 0 Å². The lowest BCUT2D eigenvalue weighted by Gasteiger charge is -2.39. The van der Waals surface area contributed by atoms with Gasteiger partial charge >= 0.3 is 12.6 Å². The molecular formula is C22H26BrF2N5O3. The summed E-state index contributed by atoms with van der Waals surface area (Å²) in [6, 6.07) is 6.81. The number of urea groups is 1. The summed E-state index contributed by atoms with van der Waals surface area (Å²) >= 11 is 3.07. The third kappa shape index (κ3) is 6.16. The second kappa shape index (κ2) is 10.9. The van der Waals surface area contributed by atoms with Crippen molar-refractivity contribution in [2.75, 3.05) is 23.3 Å². The number of anilines is 2. The number of amides is 3. The smallest absolute Gasteiger partial charge is 0.388 e. The molecule has 2 aromatic rings. The highest BCUT2D eigenvalue weighted by atomic mass is 79.9. The van der Waals surface area contributed by atoms with Gasteiger partial charge in [0.05, 0.1) is 6.20 Å². The van der Waals surface area contributed by atoms with Gasteiger partial charge in [0.25, 0.3) is 5.88 Å². The topological polar surface area (TPSA) is 87.7 Å². The fraction of sp³-hybridized carbons (Fsp3) is 0.455. The van der Waals surface area contributed by atoms with Crippen LogP contribution in [-0.4, -0.2) is 52.5 Å². The zero-order valence-corrected chi connectivity index (χ0v) is 20.2. The van der Waals surface area contributed by atoms with Gasteiger partial charge in [0, 0.05) is 31.7 Å². The molecule has 178 valence electrons. The molecule has 2 heterocycles. The molecule has 3 amide bonds. The second-order valence-electron chi connectivity index (χ2n) is 7.98. The molecule has 1 N–H and O–H groups in total. The van der Waals surface area contributed by atoms with Crippen molar-refractivity contribution in [2.45, 2.75) is 52.2 Å². The molecule has 0 unspecified atom stereocenters. The quantitative estimate of drug-likeness (QED) is 0.572. The van der Waals surface area contributed by atoms with E-state index in [1.807, 2.05) is 38.1 Å². The largest absolute Gasteiger partial charge is 0.413 e. The van der Waals surface area contributed by atoms with E-state index < -0.39 is 18.5 Å². The molecule has 0 radical (unpaired) electrons. The Labute approximate surface area is 199 Å². The maximum Gasteiger partial charge on any atom is 0.388 e. The van der Waals surface area contributed by atoms with E-state index in [-0.39, 0.29) is 28.3 Å². The second-order valence-corrected chi connectivity index (χ2v) is 8.79. The van der Waals surface area contributed by atoms with Gasteiger partial charge < -0.3 is 9.64 Å². The van der Waals surface area contributed by atoms with E-state index in [0.29, 0.717) is 31.6 Å². The van der Waals surface area contributed by atoms with Crippen molar-refractivity contribution in [1.82, 2.24) is 14.9 Å². The first-order chi connectivity index (χ1) is 15.7. The number of halogens is 3. The summed E-state index contributed by atoms with van der Waals surface area (Å²) in [5.41, 5.74) is 1.68. The highest BCUT2D eigenvalue weighted by Gasteiger charge is 2.32. The molecule has 0 aliphatic carbocycles. The van der Waals surface area contributed by atoms with E-state index in [0.717, 1.165) is 5.56 Å². The summed E-state index contributed by atoms with van der Waals surface area (Å²) in [6.45, 7) is 3.49. The molecule has 8 nitrogen and oxygen atoms in total. The van der Waals surface area contributed by atoms with Gasteiger partial charge in [-0.15, -0.1) is 0 Å². The van der Waals surface area contributed by atoms with Crippen molar-refractivity contribution in [3.63, 3.8) is 0 Å². The highest BCUT2D eigenvalue weighted by Crippen LogP contribution is 2.33. The standard InChI is InChI=1S/C22H26BrF2N5O3/c1-13(2)16-6-4-5-7-17(16)30(15-8-10-29(11-9-15)14(3)31)22(32)28-19-20(33-21(24)25)27-18(23)12-26-19/h4-7,12-13,15,21H,8-11H2,1-3H3,(H,26,28,32). The molecule has 1 aromatic heterocycles. The Kier molecular flexibility index (Phi) is 8.17. The maximum atomic E-state index is 13.5. The van der Waals surface area contributed by atoms with Crippen LogP contribution < -0.4 is 15.0 Å². The van der Waals surface area contributed by atoms with Crippen molar-refractivity contribution in [3.05, 3.63) is 40.6 Å². The van der Waals surface area contributed by atoms with Crippen molar-refractivity contribution >= 4 is 39.4 Å². The predicted molar refractivity (Wildman–Crippen MR) is 124 cm³/mol. The summed E-state index contributed by atoms with van der Waals surface area (Å²) < 4.78 is 30.4. The van der Waals surface area contributed by atoms with Crippen LogP contribution in [0.5, 0.6) is 5.88 Å². The minimum atomic E-state index is -3.13. The third-order valence-corrected chi connectivity index (χ3v) is 5.83. The van der Waals surface area contributed by atoms with Gasteiger partial charge in [-0.2, -0.15) is 8.78 Å². The van der Waals surface area contributed by atoms with Crippen molar-refractivity contribution in [2.24, 2.45) is 0 Å². The predicted octanol–water partition coefficient (Wildman–Crippen LogP) is 5.01. The highest BCUT2D eigenvalue weighted by molar-refractivity contribution is 9.10. The van der Waals surface area contributed by atoms with Crippen LogP contribution in [0.1, 0.15) is 45.1 Å². The van der Waals surface area contributed by atoms with Crippen LogP contribution in [0.15, 0.2) is 35.1 Å². The lowest BCUT2D eigenvalue weighted by molar-refractivity contribution is -0.129. The van der Waals surface area contributed by atoms with E-state index in [4.69, 9.17) is 0 Å². The Hall–Kier alpha value is -2.82. The summed E-state index contributed by atoms with van der Waals surface area (Å²) in [7, 11) is 0. The summed E-state index contributed by atoms with van der Waals surface area (Å²) in [4.78, 5) is 36.5. The van der Waals surface area contributed by atoms with E-state index in [2.05, 4.69) is 36.0 Å². The number of nitrogens with one attached hydrogen (secondary N) is 1. The van der Waals surface area contributed by atoms with Gasteiger partial charge in [-0.05, 0) is 46.3 Å². The van der Waals surface area contributed by atoms with Gasteiger partial charge in [-0.3, -0.25) is 15.0 Å². The number of nitrogens with zero attached hydrogens (tertiary/aromatic N) is 4. The molecule has 0 saturated carbocycles. The number of carbonyl (C=O) groups is 2. The number of para-hydroxylation sites is 1. The Morgan fingerprint density at radius 2 is 1.91 bits per heavy atom. The van der Waals surface area contributed by atoms with Crippen LogP contribution in [0.3, 0.4) is 0 Å². The van der Waals surface area contributed by atoms with Crippen molar-refractivity contribution in [1.29, 1.82) is 0 Å². The van der Waals surface area contributed by atoms with E-state index in [1.165, 1.54) is 13.1 Å². The van der Waals surface area contributed by atoms with Crippen LogP contribution in [0.25, 0.3) is 0 Å². The number of ether oxygens (including phenoxy) is 1. The summed E-state index contributed by atoms with van der Waals surface area (Å²) in [5, 5.41) is 2.59. The number of hydrogen-bond donors (Lipinski definition) is 1. The van der Waals surface area contributed by atoms with Crippen LogP contribution in [-0.2, 0) is 4.79 Å². The Bertz CT molecular complexity index is 1000. The average Bonchev–Trinajstić information content (AvgIpc) is 2.76. The number of alkyl halides is 2. The molecule has 1 aliphatic rings. The average molecular weight is 526 g/mol. The Morgan fingerprint density at radius 1 is 1.24 bits per heavy atom. The number of piperidine rings is 1. The van der Waals surface area contributed by atoms with Crippen LogP contribution in [0.2, 0.25) is 0 Å². The zero-order chi connectivity index (χ0) is 24.1. The van der Waals surface area contributed by atoms with Crippen LogP contribution >= 0.6 is 15.9 Å². The monoisotopic (exact) mass is 525 g/mol.